The van der Waals surface area contributed by atoms with Gasteiger partial charge in [0.05, 0.1) is 5.52 Å². The third-order valence-corrected chi connectivity index (χ3v) is 2.46. The molecule has 15 heavy (non-hydrogen) atoms. The number of anilines is 1. The Hall–Kier alpha value is -1.84. The summed E-state index contributed by atoms with van der Waals surface area (Å²) < 4.78 is 14.9. The highest BCUT2D eigenvalue weighted by molar-refractivity contribution is 5.83. The lowest BCUT2D eigenvalue weighted by molar-refractivity contribution is 0.629. The molecule has 2 rings (SSSR count). The smallest absolute Gasteiger partial charge is 0.253 e. The van der Waals surface area contributed by atoms with E-state index in [2.05, 4.69) is 0 Å². The van der Waals surface area contributed by atoms with Crippen LogP contribution in [-0.2, 0) is 7.05 Å². The molecule has 0 fully saturated rings. The van der Waals surface area contributed by atoms with Gasteiger partial charge in [-0.2, -0.15) is 0 Å². The molecule has 0 aliphatic rings. The highest BCUT2D eigenvalue weighted by Gasteiger charge is 2.08. The predicted molar refractivity (Wildman–Crippen MR) is 58.3 cm³/mol. The first-order chi connectivity index (χ1) is 7.00. The van der Waals surface area contributed by atoms with E-state index in [-0.39, 0.29) is 5.56 Å². The molecule has 0 amide bonds. The van der Waals surface area contributed by atoms with E-state index in [1.165, 1.54) is 10.6 Å². The largest absolute Gasteiger partial charge is 0.399 e. The SMILES string of the molecule is Cc1cc2cc(N)cc(F)c2n(C)c1=O. The maximum atomic E-state index is 13.6. The molecule has 2 aromatic rings. The second-order valence-corrected chi connectivity index (χ2v) is 3.63. The summed E-state index contributed by atoms with van der Waals surface area (Å²) in [6.07, 6.45) is 0. The van der Waals surface area contributed by atoms with Gasteiger partial charge >= 0.3 is 0 Å². The molecule has 0 atom stereocenters. The highest BCUT2D eigenvalue weighted by Crippen LogP contribution is 2.20. The topological polar surface area (TPSA) is 48.0 Å². The lowest BCUT2D eigenvalue weighted by atomic mass is 10.1. The minimum absolute atomic E-state index is 0.189. The van der Waals surface area contributed by atoms with Crippen molar-refractivity contribution in [3.8, 4) is 0 Å². The minimum Gasteiger partial charge on any atom is -0.399 e. The van der Waals surface area contributed by atoms with Crippen molar-refractivity contribution < 1.29 is 4.39 Å². The lowest BCUT2D eigenvalue weighted by Crippen LogP contribution is -2.20. The number of aryl methyl sites for hydroxylation is 2. The Kier molecular flexibility index (Phi) is 2.00. The van der Waals surface area contributed by atoms with Crippen LogP contribution in [0.15, 0.2) is 23.0 Å². The van der Waals surface area contributed by atoms with Crippen LogP contribution < -0.4 is 11.3 Å². The molecule has 0 unspecified atom stereocenters. The van der Waals surface area contributed by atoms with E-state index in [1.807, 2.05) is 0 Å². The van der Waals surface area contributed by atoms with Crippen LogP contribution in [0.2, 0.25) is 0 Å². The Morgan fingerprint density at radius 2 is 2.00 bits per heavy atom. The molecular weight excluding hydrogens is 195 g/mol. The van der Waals surface area contributed by atoms with Gasteiger partial charge in [0.25, 0.3) is 5.56 Å². The maximum absolute atomic E-state index is 13.6. The standard InChI is InChI=1S/C11H11FN2O/c1-6-3-7-4-8(13)5-9(12)10(7)14(2)11(6)15/h3-5H,13H2,1-2H3. The van der Waals surface area contributed by atoms with Crippen molar-refractivity contribution in [2.75, 3.05) is 5.73 Å². The molecule has 0 spiro atoms. The molecule has 0 bridgehead atoms. The van der Waals surface area contributed by atoms with Crippen LogP contribution in [0.25, 0.3) is 10.9 Å². The first-order valence-corrected chi connectivity index (χ1v) is 4.56. The number of aromatic nitrogens is 1. The van der Waals surface area contributed by atoms with Gasteiger partial charge in [-0.15, -0.1) is 0 Å². The molecule has 0 aliphatic heterocycles. The second-order valence-electron chi connectivity index (χ2n) is 3.63. The van der Waals surface area contributed by atoms with Crippen molar-refractivity contribution in [2.45, 2.75) is 6.92 Å². The Morgan fingerprint density at radius 3 is 2.67 bits per heavy atom. The molecule has 0 radical (unpaired) electrons. The quantitative estimate of drug-likeness (QED) is 0.665. The zero-order chi connectivity index (χ0) is 11.2. The average Bonchev–Trinajstić information content (AvgIpc) is 2.13. The van der Waals surface area contributed by atoms with E-state index in [0.29, 0.717) is 22.2 Å². The molecule has 0 saturated heterocycles. The van der Waals surface area contributed by atoms with Gasteiger partial charge in [0.2, 0.25) is 0 Å². The Balaban J connectivity index is 3.05. The second kappa shape index (κ2) is 3.08. The van der Waals surface area contributed by atoms with Crippen LogP contribution in [0.3, 0.4) is 0 Å². The molecule has 1 aromatic carbocycles. The molecule has 1 aromatic heterocycles. The summed E-state index contributed by atoms with van der Waals surface area (Å²) in [5.74, 6) is -0.468. The molecule has 0 aliphatic carbocycles. The summed E-state index contributed by atoms with van der Waals surface area (Å²) in [5.41, 5.74) is 6.58. The number of nitrogens with two attached hydrogens (primary N) is 1. The van der Waals surface area contributed by atoms with Gasteiger partial charge in [-0.05, 0) is 25.1 Å². The van der Waals surface area contributed by atoms with Crippen molar-refractivity contribution in [1.82, 2.24) is 4.57 Å². The molecular formula is C11H11FN2O. The van der Waals surface area contributed by atoms with Gasteiger partial charge in [0, 0.05) is 23.7 Å². The molecule has 3 nitrogen and oxygen atoms in total. The molecule has 78 valence electrons. The number of fused-ring (bicyclic) bond motifs is 1. The van der Waals surface area contributed by atoms with Crippen LogP contribution in [0, 0.1) is 12.7 Å². The van der Waals surface area contributed by atoms with Crippen molar-refractivity contribution >= 4 is 16.6 Å². The summed E-state index contributed by atoms with van der Waals surface area (Å²) in [6, 6.07) is 4.53. The van der Waals surface area contributed by atoms with Gasteiger partial charge < -0.3 is 10.3 Å². The summed E-state index contributed by atoms with van der Waals surface area (Å²) in [7, 11) is 1.55. The van der Waals surface area contributed by atoms with Crippen molar-refractivity contribution in [3.63, 3.8) is 0 Å². The van der Waals surface area contributed by atoms with Crippen LogP contribution in [0.4, 0.5) is 10.1 Å². The molecule has 0 saturated carbocycles. The van der Waals surface area contributed by atoms with Crippen LogP contribution in [0.1, 0.15) is 5.56 Å². The van der Waals surface area contributed by atoms with Gasteiger partial charge in [-0.1, -0.05) is 0 Å². The zero-order valence-electron chi connectivity index (χ0n) is 8.54. The zero-order valence-corrected chi connectivity index (χ0v) is 8.54. The summed E-state index contributed by atoms with van der Waals surface area (Å²) in [5, 5.41) is 0.645. The number of halogens is 1. The number of hydrogen-bond acceptors (Lipinski definition) is 2. The number of nitrogens with zero attached hydrogens (tertiary/aromatic N) is 1. The Morgan fingerprint density at radius 1 is 1.33 bits per heavy atom. The summed E-state index contributed by atoms with van der Waals surface area (Å²) >= 11 is 0. The molecule has 4 heteroatoms. The first kappa shape index (κ1) is 9.71. The van der Waals surface area contributed by atoms with Gasteiger partial charge in [0.15, 0.2) is 0 Å². The van der Waals surface area contributed by atoms with Crippen molar-refractivity contribution in [1.29, 1.82) is 0 Å². The number of pyridine rings is 1. The lowest BCUT2D eigenvalue weighted by Gasteiger charge is -2.08. The maximum Gasteiger partial charge on any atom is 0.253 e. The Labute approximate surface area is 85.9 Å². The molecule has 1 heterocycles. The third kappa shape index (κ3) is 1.38. The van der Waals surface area contributed by atoms with Crippen molar-refractivity contribution in [3.05, 3.63) is 39.9 Å². The minimum atomic E-state index is -0.468. The van der Waals surface area contributed by atoms with Crippen LogP contribution in [-0.4, -0.2) is 4.57 Å². The van der Waals surface area contributed by atoms with E-state index in [4.69, 9.17) is 5.73 Å². The fourth-order valence-electron chi connectivity index (χ4n) is 1.77. The normalized spacial score (nSPS) is 10.9. The fourth-order valence-corrected chi connectivity index (χ4v) is 1.77. The highest BCUT2D eigenvalue weighted by atomic mass is 19.1. The van der Waals surface area contributed by atoms with Gasteiger partial charge in [-0.25, -0.2) is 4.39 Å². The van der Waals surface area contributed by atoms with Crippen LogP contribution in [0.5, 0.6) is 0 Å². The van der Waals surface area contributed by atoms with E-state index in [9.17, 15) is 9.18 Å². The third-order valence-electron chi connectivity index (χ3n) is 2.46. The van der Waals surface area contributed by atoms with E-state index < -0.39 is 5.82 Å². The van der Waals surface area contributed by atoms with E-state index in [1.54, 1.807) is 26.1 Å². The summed E-state index contributed by atoms with van der Waals surface area (Å²) in [4.78, 5) is 11.6. The number of nitrogen functional groups attached to an aromatic ring is 1. The number of rotatable bonds is 0. The monoisotopic (exact) mass is 206 g/mol. The van der Waals surface area contributed by atoms with E-state index in [0.717, 1.165) is 0 Å². The number of benzene rings is 1. The van der Waals surface area contributed by atoms with Crippen molar-refractivity contribution in [2.24, 2.45) is 7.05 Å². The number of hydrogen-bond donors (Lipinski definition) is 1. The van der Waals surface area contributed by atoms with Gasteiger partial charge in [-0.3, -0.25) is 4.79 Å². The first-order valence-electron chi connectivity index (χ1n) is 4.56. The predicted octanol–water partition coefficient (Wildman–Crippen LogP) is 1.57. The average molecular weight is 206 g/mol. The Bertz CT molecular complexity index is 602. The molecule has 2 N–H and O–H groups in total. The summed E-state index contributed by atoms with van der Waals surface area (Å²) in [6.45, 7) is 1.70. The van der Waals surface area contributed by atoms with E-state index >= 15 is 0 Å². The van der Waals surface area contributed by atoms with Gasteiger partial charge in [0.1, 0.15) is 5.82 Å². The fraction of sp³-hybridized carbons (Fsp3) is 0.182. The van der Waals surface area contributed by atoms with Crippen LogP contribution >= 0.6 is 0 Å².